The highest BCUT2D eigenvalue weighted by Crippen LogP contribution is 2.29. The largest absolute Gasteiger partial charge is 0.458 e. The van der Waals surface area contributed by atoms with Crippen LogP contribution >= 0.6 is 0 Å². The zero-order valence-corrected chi connectivity index (χ0v) is 20.1. The summed E-state index contributed by atoms with van der Waals surface area (Å²) in [7, 11) is 0. The normalized spacial score (nSPS) is 13.5. The molecule has 1 unspecified atom stereocenters. The van der Waals surface area contributed by atoms with Crippen molar-refractivity contribution in [2.45, 2.75) is 65.0 Å². The number of hydrogen-bond donors (Lipinski definition) is 0. The van der Waals surface area contributed by atoms with Crippen LogP contribution < -0.4 is 0 Å². The molecule has 0 amide bonds. The highest BCUT2D eigenvalue weighted by molar-refractivity contribution is 6.13. The topological polar surface area (TPSA) is 47.9 Å². The van der Waals surface area contributed by atoms with Gasteiger partial charge in [-0.05, 0) is 34.1 Å². The smallest absolute Gasteiger partial charge is 0.334 e. The van der Waals surface area contributed by atoms with Crippen LogP contribution in [-0.4, -0.2) is 36.0 Å². The monoisotopic (exact) mass is 435 g/mol. The Kier molecular flexibility index (Phi) is 9.86. The average Bonchev–Trinajstić information content (AvgIpc) is 2.78. The van der Waals surface area contributed by atoms with Gasteiger partial charge in [0.15, 0.2) is 5.54 Å². The summed E-state index contributed by atoms with van der Waals surface area (Å²) in [6.07, 6.45) is 5.75. The third-order valence-electron chi connectivity index (χ3n) is 4.90. The first-order valence-electron chi connectivity index (χ1n) is 11.4. The molecule has 0 aliphatic carbocycles. The lowest BCUT2D eigenvalue weighted by molar-refractivity contribution is -0.162. The maximum Gasteiger partial charge on any atom is 0.334 e. The van der Waals surface area contributed by atoms with Crippen LogP contribution in [0.2, 0.25) is 0 Å². The fourth-order valence-electron chi connectivity index (χ4n) is 3.31. The van der Waals surface area contributed by atoms with Crippen molar-refractivity contribution in [3.05, 3.63) is 83.9 Å². The molecule has 0 spiro atoms. The molecule has 4 nitrogen and oxygen atoms in total. The molecule has 2 rings (SSSR count). The number of carbonyl (C=O) groups is 1. The van der Waals surface area contributed by atoms with Gasteiger partial charge < -0.3 is 9.47 Å². The highest BCUT2D eigenvalue weighted by atomic mass is 16.6. The average molecular weight is 436 g/mol. The first-order valence-corrected chi connectivity index (χ1v) is 11.4. The summed E-state index contributed by atoms with van der Waals surface area (Å²) < 4.78 is 11.7. The Morgan fingerprint density at radius 2 is 1.50 bits per heavy atom. The van der Waals surface area contributed by atoms with E-state index in [1.54, 1.807) is 0 Å². The molecule has 0 aliphatic heterocycles. The van der Waals surface area contributed by atoms with Crippen LogP contribution in [0.25, 0.3) is 0 Å². The van der Waals surface area contributed by atoms with Gasteiger partial charge in [-0.15, -0.1) is 0 Å². The minimum atomic E-state index is -1.09. The highest BCUT2D eigenvalue weighted by Gasteiger charge is 2.41. The van der Waals surface area contributed by atoms with E-state index in [0.29, 0.717) is 26.1 Å². The lowest BCUT2D eigenvalue weighted by atomic mass is 9.89. The second-order valence-corrected chi connectivity index (χ2v) is 8.86. The quantitative estimate of drug-likeness (QED) is 0.178. The summed E-state index contributed by atoms with van der Waals surface area (Å²) in [6.45, 7) is 10.8. The van der Waals surface area contributed by atoms with Crippen molar-refractivity contribution in [1.82, 2.24) is 0 Å². The minimum Gasteiger partial charge on any atom is -0.458 e. The Balaban J connectivity index is 2.65. The molecule has 2 aromatic carbocycles. The zero-order valence-electron chi connectivity index (χ0n) is 20.1. The number of rotatable bonds is 11. The van der Waals surface area contributed by atoms with E-state index >= 15 is 0 Å². The van der Waals surface area contributed by atoms with Crippen LogP contribution in [0.4, 0.5) is 0 Å². The van der Waals surface area contributed by atoms with Gasteiger partial charge in [-0.1, -0.05) is 79.7 Å². The van der Waals surface area contributed by atoms with E-state index in [9.17, 15) is 4.79 Å². The van der Waals surface area contributed by atoms with Crippen LogP contribution in [0.1, 0.15) is 65.0 Å². The van der Waals surface area contributed by atoms with E-state index in [1.165, 1.54) is 0 Å². The molecule has 0 N–H and O–H groups in total. The summed E-state index contributed by atoms with van der Waals surface area (Å²) in [5.41, 5.74) is 0.993. The molecular formula is C28H37NO3. The first kappa shape index (κ1) is 25.5. The molecule has 1 atom stereocenters. The van der Waals surface area contributed by atoms with Crippen molar-refractivity contribution >= 4 is 11.7 Å². The lowest BCUT2D eigenvalue weighted by Gasteiger charge is -2.32. The van der Waals surface area contributed by atoms with Crippen LogP contribution in [0.15, 0.2) is 77.8 Å². The summed E-state index contributed by atoms with van der Waals surface area (Å²) >= 11 is 0. The summed E-state index contributed by atoms with van der Waals surface area (Å²) in [5.74, 6) is -0.326. The predicted octanol–water partition coefficient (Wildman–Crippen LogP) is 6.39. The van der Waals surface area contributed by atoms with Gasteiger partial charge >= 0.3 is 5.97 Å². The number of carbonyl (C=O) groups excluding carboxylic acids is 1. The third-order valence-corrected chi connectivity index (χ3v) is 4.90. The molecule has 172 valence electrons. The van der Waals surface area contributed by atoms with Crippen LogP contribution in [-0.2, 0) is 14.3 Å². The first-order chi connectivity index (χ1) is 15.3. The maximum absolute atomic E-state index is 13.6. The molecule has 0 aromatic heterocycles. The Morgan fingerprint density at radius 1 is 0.938 bits per heavy atom. The molecule has 4 heteroatoms. The van der Waals surface area contributed by atoms with Crippen molar-refractivity contribution in [3.8, 4) is 0 Å². The van der Waals surface area contributed by atoms with E-state index in [-0.39, 0.29) is 5.97 Å². The van der Waals surface area contributed by atoms with Crippen LogP contribution in [0.3, 0.4) is 0 Å². The van der Waals surface area contributed by atoms with Crippen molar-refractivity contribution in [1.29, 1.82) is 0 Å². The Labute approximate surface area is 193 Å². The SMILES string of the molecule is C/C=C/CC(CCOCCC)(N=C(c1ccccc1)c1ccccc1)C(=O)OC(C)(C)C. The summed E-state index contributed by atoms with van der Waals surface area (Å²) in [6, 6.07) is 20.0. The van der Waals surface area contributed by atoms with Crippen molar-refractivity contribution in [2.75, 3.05) is 13.2 Å². The predicted molar refractivity (Wildman–Crippen MR) is 132 cm³/mol. The van der Waals surface area contributed by atoms with Gasteiger partial charge in [-0.3, -0.25) is 4.99 Å². The number of aliphatic imine (C=N–C) groups is 1. The number of hydrogen-bond acceptors (Lipinski definition) is 4. The number of esters is 1. The van der Waals surface area contributed by atoms with E-state index < -0.39 is 11.1 Å². The standard InChI is InChI=1S/C28H37NO3/c1-6-8-19-28(20-22-31-21-7-2,26(30)32-27(3,4)5)29-25(23-15-11-9-12-16-23)24-17-13-10-14-18-24/h6,8-18H,7,19-22H2,1-5H3/b8-6+. The van der Waals surface area contributed by atoms with Crippen molar-refractivity contribution in [2.24, 2.45) is 4.99 Å². The molecule has 32 heavy (non-hydrogen) atoms. The molecule has 0 heterocycles. The number of nitrogens with zero attached hydrogens (tertiary/aromatic N) is 1. The van der Waals surface area contributed by atoms with Gasteiger partial charge in [-0.2, -0.15) is 0 Å². The molecule has 0 saturated heterocycles. The van der Waals surface area contributed by atoms with Crippen molar-refractivity contribution < 1.29 is 14.3 Å². The van der Waals surface area contributed by atoms with Gasteiger partial charge in [0, 0.05) is 37.2 Å². The second-order valence-electron chi connectivity index (χ2n) is 8.86. The van der Waals surface area contributed by atoms with Gasteiger partial charge in [0.1, 0.15) is 5.60 Å². The Bertz CT molecular complexity index is 840. The number of ether oxygens (including phenoxy) is 2. The van der Waals surface area contributed by atoms with E-state index in [0.717, 1.165) is 23.3 Å². The minimum absolute atomic E-state index is 0.326. The van der Waals surface area contributed by atoms with E-state index in [1.807, 2.05) is 101 Å². The van der Waals surface area contributed by atoms with E-state index in [2.05, 4.69) is 6.92 Å². The zero-order chi connectivity index (χ0) is 23.5. The Hall–Kier alpha value is -2.72. The summed E-state index contributed by atoms with van der Waals surface area (Å²) in [5, 5.41) is 0. The molecule has 0 aliphatic rings. The Morgan fingerprint density at radius 3 is 1.97 bits per heavy atom. The molecule has 0 radical (unpaired) electrons. The van der Waals surface area contributed by atoms with Gasteiger partial charge in [-0.25, -0.2) is 4.79 Å². The fourth-order valence-corrected chi connectivity index (χ4v) is 3.31. The van der Waals surface area contributed by atoms with Crippen LogP contribution in [0.5, 0.6) is 0 Å². The van der Waals surface area contributed by atoms with Gasteiger partial charge in [0.2, 0.25) is 0 Å². The third kappa shape index (κ3) is 7.76. The summed E-state index contributed by atoms with van der Waals surface area (Å²) in [4.78, 5) is 18.8. The molecule has 0 bridgehead atoms. The number of allylic oxidation sites excluding steroid dienone is 1. The van der Waals surface area contributed by atoms with E-state index in [4.69, 9.17) is 14.5 Å². The lowest BCUT2D eigenvalue weighted by Crippen LogP contribution is -2.43. The molecule has 0 fully saturated rings. The van der Waals surface area contributed by atoms with Gasteiger partial charge in [0.25, 0.3) is 0 Å². The van der Waals surface area contributed by atoms with Crippen LogP contribution in [0, 0.1) is 0 Å². The number of benzene rings is 2. The second kappa shape index (κ2) is 12.4. The molecule has 0 saturated carbocycles. The van der Waals surface area contributed by atoms with Gasteiger partial charge in [0.05, 0.1) is 5.71 Å². The molecular weight excluding hydrogens is 398 g/mol. The maximum atomic E-state index is 13.6. The van der Waals surface area contributed by atoms with Crippen molar-refractivity contribution in [3.63, 3.8) is 0 Å². The molecule has 2 aromatic rings. The fraction of sp³-hybridized carbons (Fsp3) is 0.429.